The molecule has 0 bridgehead atoms. The van der Waals surface area contributed by atoms with Crippen LogP contribution < -0.4 is 10.0 Å². The number of sulfonamides is 1. The molecule has 2 aromatic heterocycles. The monoisotopic (exact) mass is 514 g/mol. The van der Waals surface area contributed by atoms with Gasteiger partial charge in [-0.2, -0.15) is 8.42 Å². The highest BCUT2D eigenvalue weighted by Gasteiger charge is 2.23. The summed E-state index contributed by atoms with van der Waals surface area (Å²) in [6, 6.07) is 14.4. The van der Waals surface area contributed by atoms with Gasteiger partial charge in [0.15, 0.2) is 21.8 Å². The van der Waals surface area contributed by atoms with Crippen LogP contribution in [0.5, 0.6) is 0 Å². The molecule has 0 atom stereocenters. The molecule has 11 heteroatoms. The van der Waals surface area contributed by atoms with Crippen molar-refractivity contribution in [2.24, 2.45) is 0 Å². The smallest absolute Gasteiger partial charge is 0.281 e. The average molecular weight is 515 g/mol. The van der Waals surface area contributed by atoms with E-state index >= 15 is 0 Å². The van der Waals surface area contributed by atoms with Crippen molar-refractivity contribution in [2.45, 2.75) is 25.3 Å². The van der Waals surface area contributed by atoms with E-state index in [-0.39, 0.29) is 16.1 Å². The highest BCUT2D eigenvalue weighted by molar-refractivity contribution is 7.92. The quantitative estimate of drug-likeness (QED) is 0.356. The van der Waals surface area contributed by atoms with Crippen molar-refractivity contribution in [3.05, 3.63) is 88.4 Å². The molecule has 35 heavy (non-hydrogen) atoms. The molecule has 7 nitrogen and oxygen atoms in total. The Bertz CT molecular complexity index is 1510. The van der Waals surface area contributed by atoms with E-state index in [4.69, 9.17) is 0 Å². The molecular weight excluding hydrogens is 494 g/mol. The molecule has 0 radical (unpaired) electrons. The lowest BCUT2D eigenvalue weighted by Crippen LogP contribution is -2.16. The number of carbonyl (C=O) groups is 1. The highest BCUT2D eigenvalue weighted by atomic mass is 32.2. The molecule has 4 rings (SSSR count). The van der Waals surface area contributed by atoms with Crippen molar-refractivity contribution in [3.8, 4) is 11.3 Å². The summed E-state index contributed by atoms with van der Waals surface area (Å²) in [5.41, 5.74) is 2.31. The van der Waals surface area contributed by atoms with Crippen molar-refractivity contribution in [3.63, 3.8) is 0 Å². The van der Waals surface area contributed by atoms with Crippen molar-refractivity contribution in [1.29, 1.82) is 0 Å². The highest BCUT2D eigenvalue weighted by Crippen LogP contribution is 2.34. The van der Waals surface area contributed by atoms with Gasteiger partial charge in [-0.25, -0.2) is 18.7 Å². The van der Waals surface area contributed by atoms with Crippen LogP contribution in [0.2, 0.25) is 0 Å². The Kier molecular flexibility index (Phi) is 6.90. The van der Waals surface area contributed by atoms with Crippen molar-refractivity contribution in [2.75, 3.05) is 10.0 Å². The third-order valence-corrected chi connectivity index (χ3v) is 7.42. The Balaban J connectivity index is 1.70. The van der Waals surface area contributed by atoms with Gasteiger partial charge in [0.2, 0.25) is 5.91 Å². The molecule has 2 N–H and O–H groups in total. The van der Waals surface area contributed by atoms with Crippen LogP contribution in [0.4, 0.5) is 19.6 Å². The summed E-state index contributed by atoms with van der Waals surface area (Å²) in [6.45, 7) is 2.89. The number of anilines is 2. The van der Waals surface area contributed by atoms with E-state index in [1.165, 1.54) is 25.3 Å². The maximum Gasteiger partial charge on any atom is 0.281 e. The van der Waals surface area contributed by atoms with Crippen LogP contribution in [0.1, 0.15) is 22.9 Å². The van der Waals surface area contributed by atoms with E-state index in [2.05, 4.69) is 20.0 Å². The van der Waals surface area contributed by atoms with Crippen LogP contribution in [-0.4, -0.2) is 24.3 Å². The van der Waals surface area contributed by atoms with Gasteiger partial charge < -0.3 is 5.32 Å². The summed E-state index contributed by atoms with van der Waals surface area (Å²) in [5.74, 6) is -2.32. The van der Waals surface area contributed by atoms with E-state index < -0.39 is 21.7 Å². The van der Waals surface area contributed by atoms with Crippen LogP contribution in [-0.2, 0) is 21.2 Å². The number of rotatable bonds is 7. The first-order chi connectivity index (χ1) is 16.6. The Morgan fingerprint density at radius 1 is 1.06 bits per heavy atom. The van der Waals surface area contributed by atoms with E-state index in [1.807, 2.05) is 30.3 Å². The molecule has 2 aromatic carbocycles. The van der Waals surface area contributed by atoms with Crippen LogP contribution in [0.25, 0.3) is 11.3 Å². The van der Waals surface area contributed by atoms with Gasteiger partial charge in [-0.15, -0.1) is 11.3 Å². The molecule has 0 unspecified atom stereocenters. The zero-order valence-electron chi connectivity index (χ0n) is 18.7. The number of aromatic nitrogens is 2. The number of pyridine rings is 1. The van der Waals surface area contributed by atoms with Gasteiger partial charge in [0.1, 0.15) is 0 Å². The Hall–Kier alpha value is -3.70. The number of hydrogen-bond acceptors (Lipinski definition) is 6. The maximum atomic E-state index is 13.9. The van der Waals surface area contributed by atoms with Crippen LogP contribution in [0, 0.1) is 18.6 Å². The number of halogens is 2. The Labute approximate surface area is 204 Å². The second kappa shape index (κ2) is 9.88. The van der Waals surface area contributed by atoms with Gasteiger partial charge in [-0.3, -0.25) is 9.52 Å². The minimum Gasteiger partial charge on any atom is -0.325 e. The molecule has 0 saturated carbocycles. The van der Waals surface area contributed by atoms with Gasteiger partial charge in [0.25, 0.3) is 10.0 Å². The van der Waals surface area contributed by atoms with Gasteiger partial charge in [-0.1, -0.05) is 30.3 Å². The van der Waals surface area contributed by atoms with Crippen LogP contribution in [0.3, 0.4) is 0 Å². The summed E-state index contributed by atoms with van der Waals surface area (Å²) in [6.07, 6.45) is 1.66. The van der Waals surface area contributed by atoms with Gasteiger partial charge in [-0.05, 0) is 42.3 Å². The fourth-order valence-corrected chi connectivity index (χ4v) is 5.86. The molecule has 0 aliphatic rings. The third kappa shape index (κ3) is 5.69. The van der Waals surface area contributed by atoms with E-state index in [9.17, 15) is 22.0 Å². The lowest BCUT2D eigenvalue weighted by Gasteiger charge is -2.09. The van der Waals surface area contributed by atoms with Crippen LogP contribution in [0.15, 0.2) is 65.8 Å². The molecule has 4 aromatic rings. The minimum absolute atomic E-state index is 0.0581. The van der Waals surface area contributed by atoms with Gasteiger partial charge >= 0.3 is 0 Å². The predicted molar refractivity (Wildman–Crippen MR) is 131 cm³/mol. The maximum absolute atomic E-state index is 13.9. The lowest BCUT2D eigenvalue weighted by molar-refractivity contribution is -0.114. The van der Waals surface area contributed by atoms with Crippen molar-refractivity contribution >= 4 is 38.1 Å². The number of benzene rings is 2. The lowest BCUT2D eigenvalue weighted by atomic mass is 10.1. The molecule has 180 valence electrons. The number of nitrogens with one attached hydrogen (secondary N) is 2. The topological polar surface area (TPSA) is 101 Å². The zero-order chi connectivity index (χ0) is 25.2. The molecule has 0 aliphatic heterocycles. The summed E-state index contributed by atoms with van der Waals surface area (Å²) in [4.78, 5) is 20.3. The standard InChI is InChI=1S/C24H20F2N4O3S2/c1-14-10-18(28-15(2)31)13-27-23(14)35(32,33)30-24-29-22(17-8-9-19(25)20(26)12-17)21(34-24)11-16-6-4-3-5-7-16/h3-10,12-13H,11H2,1-2H3,(H,28,31)(H,29,30). The molecule has 0 spiro atoms. The first kappa shape index (κ1) is 24.4. The first-order valence-electron chi connectivity index (χ1n) is 10.4. The molecular formula is C24H20F2N4O3S2. The van der Waals surface area contributed by atoms with E-state index in [0.29, 0.717) is 33.8 Å². The molecule has 0 saturated heterocycles. The van der Waals surface area contributed by atoms with Crippen molar-refractivity contribution in [1.82, 2.24) is 9.97 Å². The largest absolute Gasteiger partial charge is 0.325 e. The minimum atomic E-state index is -4.12. The number of amides is 1. The summed E-state index contributed by atoms with van der Waals surface area (Å²) < 4.78 is 56.0. The second-order valence-electron chi connectivity index (χ2n) is 7.71. The molecule has 1 amide bonds. The second-order valence-corrected chi connectivity index (χ2v) is 10.4. The summed E-state index contributed by atoms with van der Waals surface area (Å²) in [7, 11) is -4.12. The fourth-order valence-electron chi connectivity index (χ4n) is 3.44. The normalized spacial score (nSPS) is 11.3. The van der Waals surface area contributed by atoms with Gasteiger partial charge in [0, 0.05) is 23.8 Å². The summed E-state index contributed by atoms with van der Waals surface area (Å²) >= 11 is 1.10. The van der Waals surface area contributed by atoms with E-state index in [1.54, 1.807) is 6.92 Å². The Morgan fingerprint density at radius 2 is 1.80 bits per heavy atom. The molecule has 0 fully saturated rings. The molecule has 0 aliphatic carbocycles. The van der Waals surface area contributed by atoms with Crippen molar-refractivity contribution < 1.29 is 22.0 Å². The third-order valence-electron chi connectivity index (χ3n) is 4.92. The SMILES string of the molecule is CC(=O)Nc1cnc(S(=O)(=O)Nc2nc(-c3ccc(F)c(F)c3)c(Cc3ccccc3)s2)c(C)c1. The Morgan fingerprint density at radius 3 is 2.46 bits per heavy atom. The zero-order valence-corrected chi connectivity index (χ0v) is 20.3. The predicted octanol–water partition coefficient (Wildman–Crippen LogP) is 5.14. The summed E-state index contributed by atoms with van der Waals surface area (Å²) in [5, 5.41) is 2.39. The van der Waals surface area contributed by atoms with E-state index in [0.717, 1.165) is 29.0 Å². The number of nitrogens with zero attached hydrogens (tertiary/aromatic N) is 2. The number of carbonyl (C=O) groups excluding carboxylic acids is 1. The number of aryl methyl sites for hydroxylation is 1. The number of thiazole rings is 1. The molecule has 2 heterocycles. The fraction of sp³-hybridized carbons (Fsp3) is 0.125. The van der Waals surface area contributed by atoms with Gasteiger partial charge in [0.05, 0.1) is 17.6 Å². The van der Waals surface area contributed by atoms with Crippen LogP contribution >= 0.6 is 11.3 Å². The first-order valence-corrected chi connectivity index (χ1v) is 12.7. The average Bonchev–Trinajstić information content (AvgIpc) is 3.17. The number of hydrogen-bond donors (Lipinski definition) is 2.